The first-order valence-electron chi connectivity index (χ1n) is 6.98. The predicted octanol–water partition coefficient (Wildman–Crippen LogP) is 2.23. The van der Waals surface area contributed by atoms with Crippen molar-refractivity contribution in [3.8, 4) is 0 Å². The molecule has 6 nitrogen and oxygen atoms in total. The van der Waals surface area contributed by atoms with Crippen LogP contribution >= 0.6 is 0 Å². The first kappa shape index (κ1) is 16.8. The lowest BCUT2D eigenvalue weighted by molar-refractivity contribution is -0.164. The van der Waals surface area contributed by atoms with Gasteiger partial charge in [-0.15, -0.1) is 0 Å². The second-order valence-electron chi connectivity index (χ2n) is 6.95. The highest BCUT2D eigenvalue weighted by Crippen LogP contribution is 2.19. The molecular weight excluding hydrogens is 260 g/mol. The normalized spacial score (nSPS) is 20.5. The van der Waals surface area contributed by atoms with Crippen LogP contribution in [0.2, 0.25) is 0 Å². The van der Waals surface area contributed by atoms with E-state index in [1.807, 2.05) is 0 Å². The minimum absolute atomic E-state index is 0.407. The summed E-state index contributed by atoms with van der Waals surface area (Å²) in [6.45, 7) is 11.4. The molecule has 0 aromatic rings. The van der Waals surface area contributed by atoms with E-state index in [-0.39, 0.29) is 0 Å². The van der Waals surface area contributed by atoms with E-state index in [9.17, 15) is 9.59 Å². The molecule has 116 valence electrons. The van der Waals surface area contributed by atoms with Gasteiger partial charge in [-0.05, 0) is 54.4 Å². The summed E-state index contributed by atoms with van der Waals surface area (Å²) in [6, 6.07) is -0.641. The summed E-state index contributed by atoms with van der Waals surface area (Å²) in [5.74, 6) is -0.407. The van der Waals surface area contributed by atoms with Gasteiger partial charge in [-0.25, -0.2) is 20.0 Å². The predicted molar refractivity (Wildman–Crippen MR) is 74.9 cm³/mol. The molecule has 1 saturated heterocycles. The Morgan fingerprint density at radius 1 is 1.05 bits per heavy atom. The van der Waals surface area contributed by atoms with Crippen molar-refractivity contribution in [1.82, 2.24) is 10.4 Å². The summed E-state index contributed by atoms with van der Waals surface area (Å²) in [4.78, 5) is 24.3. The van der Waals surface area contributed by atoms with Gasteiger partial charge < -0.3 is 9.47 Å². The number of carbonyl (C=O) groups is 2. The van der Waals surface area contributed by atoms with Crippen molar-refractivity contribution in [1.29, 1.82) is 0 Å². The number of carbonyl (C=O) groups excluding carboxylic acids is 2. The second kappa shape index (κ2) is 5.99. The Balaban J connectivity index is 2.76. The smallest absolute Gasteiger partial charge is 0.425 e. The monoisotopic (exact) mass is 286 g/mol. The van der Waals surface area contributed by atoms with E-state index in [2.05, 4.69) is 5.43 Å². The van der Waals surface area contributed by atoms with Gasteiger partial charge >= 0.3 is 12.1 Å². The van der Waals surface area contributed by atoms with Crippen molar-refractivity contribution in [2.75, 3.05) is 6.54 Å². The topological polar surface area (TPSA) is 67.9 Å². The van der Waals surface area contributed by atoms with Crippen LogP contribution in [0, 0.1) is 0 Å². The minimum atomic E-state index is -0.641. The molecule has 1 aliphatic rings. The van der Waals surface area contributed by atoms with E-state index < -0.39 is 29.3 Å². The van der Waals surface area contributed by atoms with Crippen molar-refractivity contribution in [3.05, 3.63) is 0 Å². The van der Waals surface area contributed by atoms with E-state index >= 15 is 0 Å². The van der Waals surface area contributed by atoms with E-state index in [0.717, 1.165) is 6.42 Å². The number of ether oxygens (including phenoxy) is 2. The van der Waals surface area contributed by atoms with Crippen molar-refractivity contribution < 1.29 is 19.1 Å². The molecule has 1 rings (SSSR count). The molecule has 1 fully saturated rings. The van der Waals surface area contributed by atoms with Gasteiger partial charge in [0.15, 0.2) is 0 Å². The van der Waals surface area contributed by atoms with Crippen LogP contribution < -0.4 is 5.43 Å². The van der Waals surface area contributed by atoms with Gasteiger partial charge in [0.05, 0.1) is 0 Å². The van der Waals surface area contributed by atoms with Crippen LogP contribution in [0.25, 0.3) is 0 Å². The Morgan fingerprint density at radius 2 is 1.60 bits per heavy atom. The molecule has 1 N–H and O–H groups in total. The molecule has 1 amide bonds. The number of nitrogens with zero attached hydrogens (tertiary/aromatic N) is 1. The molecule has 1 unspecified atom stereocenters. The Labute approximate surface area is 120 Å². The second-order valence-corrected chi connectivity index (χ2v) is 6.95. The lowest BCUT2D eigenvalue weighted by atomic mass is 10.1. The highest BCUT2D eigenvalue weighted by Gasteiger charge is 2.37. The van der Waals surface area contributed by atoms with Crippen LogP contribution in [0.15, 0.2) is 0 Å². The van der Waals surface area contributed by atoms with Crippen molar-refractivity contribution in [2.24, 2.45) is 0 Å². The first-order chi connectivity index (χ1) is 8.99. The summed E-state index contributed by atoms with van der Waals surface area (Å²) >= 11 is 0. The molecule has 0 aromatic heterocycles. The molecule has 1 aliphatic heterocycles. The van der Waals surface area contributed by atoms with Gasteiger partial charge in [-0.2, -0.15) is 0 Å². The van der Waals surface area contributed by atoms with E-state index in [1.54, 1.807) is 41.5 Å². The highest BCUT2D eigenvalue weighted by atomic mass is 16.6. The molecule has 0 radical (unpaired) electrons. The standard InChI is InChI=1S/C14H26N2O4/c1-13(2,3)19-11(17)10-8-7-9-15-16(10)12(18)20-14(4,5)6/h10,15H,7-9H2,1-6H3. The number of amides is 1. The molecule has 0 aromatic carbocycles. The summed E-state index contributed by atoms with van der Waals surface area (Å²) < 4.78 is 10.7. The van der Waals surface area contributed by atoms with Gasteiger partial charge in [-0.1, -0.05) is 0 Å². The average Bonchev–Trinajstić information content (AvgIpc) is 2.24. The van der Waals surface area contributed by atoms with Crippen LogP contribution in [0.5, 0.6) is 0 Å². The van der Waals surface area contributed by atoms with Crippen molar-refractivity contribution in [2.45, 2.75) is 71.6 Å². The lowest BCUT2D eigenvalue weighted by Crippen LogP contribution is -2.58. The number of hydrogen-bond donors (Lipinski definition) is 1. The average molecular weight is 286 g/mol. The molecule has 0 bridgehead atoms. The molecule has 1 heterocycles. The summed E-state index contributed by atoms with van der Waals surface area (Å²) in [7, 11) is 0. The lowest BCUT2D eigenvalue weighted by Gasteiger charge is -2.36. The largest absolute Gasteiger partial charge is 0.458 e. The van der Waals surface area contributed by atoms with Crippen LogP contribution in [0.4, 0.5) is 4.79 Å². The third kappa shape index (κ3) is 5.36. The zero-order valence-corrected chi connectivity index (χ0v) is 13.3. The van der Waals surface area contributed by atoms with Crippen LogP contribution in [-0.2, 0) is 14.3 Å². The molecule has 6 heteroatoms. The minimum Gasteiger partial charge on any atom is -0.458 e. The number of nitrogens with one attached hydrogen (secondary N) is 1. The van der Waals surface area contributed by atoms with Crippen molar-refractivity contribution >= 4 is 12.1 Å². The summed E-state index contributed by atoms with van der Waals surface area (Å²) in [6.07, 6.45) is 0.831. The first-order valence-corrected chi connectivity index (χ1v) is 6.98. The Kier molecular flexibility index (Phi) is 5.02. The number of hydrogen-bond acceptors (Lipinski definition) is 5. The molecule has 0 spiro atoms. The fourth-order valence-corrected chi connectivity index (χ4v) is 1.83. The maximum absolute atomic E-state index is 12.2. The Hall–Kier alpha value is -1.30. The zero-order valence-electron chi connectivity index (χ0n) is 13.3. The van der Waals surface area contributed by atoms with Gasteiger partial charge in [0.25, 0.3) is 0 Å². The Morgan fingerprint density at radius 3 is 2.10 bits per heavy atom. The summed E-state index contributed by atoms with van der Waals surface area (Å²) in [5, 5.41) is 1.25. The van der Waals surface area contributed by atoms with Crippen molar-refractivity contribution in [3.63, 3.8) is 0 Å². The zero-order chi connectivity index (χ0) is 15.6. The summed E-state index contributed by atoms with van der Waals surface area (Å²) in [5.41, 5.74) is 1.74. The van der Waals surface area contributed by atoms with Gasteiger partial charge in [0.2, 0.25) is 0 Å². The van der Waals surface area contributed by atoms with E-state index in [1.165, 1.54) is 5.01 Å². The van der Waals surface area contributed by atoms with Gasteiger partial charge in [0.1, 0.15) is 17.2 Å². The van der Waals surface area contributed by atoms with E-state index in [4.69, 9.17) is 9.47 Å². The Bertz CT molecular complexity index is 332. The molecular formula is C14H26N2O4. The van der Waals surface area contributed by atoms with Crippen LogP contribution in [-0.4, -0.2) is 40.9 Å². The highest BCUT2D eigenvalue weighted by molar-refractivity contribution is 5.81. The van der Waals surface area contributed by atoms with Crippen LogP contribution in [0.1, 0.15) is 54.4 Å². The maximum atomic E-state index is 12.2. The van der Waals surface area contributed by atoms with E-state index in [0.29, 0.717) is 13.0 Å². The quantitative estimate of drug-likeness (QED) is 0.749. The van der Waals surface area contributed by atoms with Crippen LogP contribution in [0.3, 0.4) is 0 Å². The molecule has 1 atom stereocenters. The number of esters is 1. The maximum Gasteiger partial charge on any atom is 0.425 e. The SMILES string of the molecule is CC(C)(C)OC(=O)C1CCCNN1C(=O)OC(C)(C)C. The van der Waals surface area contributed by atoms with Gasteiger partial charge in [-0.3, -0.25) is 0 Å². The number of hydrazine groups is 1. The molecule has 0 saturated carbocycles. The third-order valence-electron chi connectivity index (χ3n) is 2.52. The molecule has 20 heavy (non-hydrogen) atoms. The number of rotatable bonds is 1. The fraction of sp³-hybridized carbons (Fsp3) is 0.857. The molecule has 0 aliphatic carbocycles. The fourth-order valence-electron chi connectivity index (χ4n) is 1.83. The van der Waals surface area contributed by atoms with Gasteiger partial charge in [0, 0.05) is 6.54 Å². The third-order valence-corrected chi connectivity index (χ3v) is 2.52.